The van der Waals surface area contributed by atoms with Crippen molar-refractivity contribution in [2.24, 2.45) is 28.7 Å². The molecule has 17 N–H and O–H groups in total. The van der Waals surface area contributed by atoms with Gasteiger partial charge in [-0.2, -0.15) is 0 Å². The minimum absolute atomic E-state index is 0. The number of phenolic OH excluding ortho intramolecular Hbond substituents is 2. The molecule has 0 unspecified atom stereocenters. The smallest absolute Gasteiger partial charge is 0.243 e. The highest BCUT2D eigenvalue weighted by Crippen LogP contribution is 2.31. The Bertz CT molecular complexity index is 1570. The first-order valence-electron chi connectivity index (χ1n) is 17.6. The molecule has 1 heterocycles. The fourth-order valence-corrected chi connectivity index (χ4v) is 5.80. The van der Waals surface area contributed by atoms with Gasteiger partial charge in [0.15, 0.2) is 0 Å². The molecule has 17 nitrogen and oxygen atoms in total. The Morgan fingerprint density at radius 1 is 0.684 bits per heavy atom. The van der Waals surface area contributed by atoms with E-state index in [1.165, 1.54) is 12.1 Å². The number of halogens is 5. The molecule has 0 saturated heterocycles. The molecule has 3 rings (SSSR count). The largest absolute Gasteiger partial charge is 0.508 e. The number of nitrogens with one attached hydrogen (secondary N) is 5. The number of rotatable bonds is 16. The normalized spacial score (nSPS) is 17.2. The summed E-state index contributed by atoms with van der Waals surface area (Å²) < 4.78 is 0. The van der Waals surface area contributed by atoms with Crippen molar-refractivity contribution in [2.45, 2.75) is 81.6 Å². The topological polar surface area (TPSA) is 316 Å². The molecule has 0 spiro atoms. The molecule has 0 saturated carbocycles. The van der Waals surface area contributed by atoms with Crippen molar-refractivity contribution < 1.29 is 34.2 Å². The lowest BCUT2D eigenvalue weighted by Crippen LogP contribution is -2.59. The summed E-state index contributed by atoms with van der Waals surface area (Å²) >= 11 is 0. The predicted molar refractivity (Wildman–Crippen MR) is 231 cm³/mol. The van der Waals surface area contributed by atoms with Crippen molar-refractivity contribution in [3.05, 3.63) is 47.5 Å². The van der Waals surface area contributed by atoms with Crippen molar-refractivity contribution in [2.75, 3.05) is 32.7 Å². The molecule has 0 fully saturated rings. The van der Waals surface area contributed by atoms with E-state index in [-0.39, 0.29) is 138 Å². The van der Waals surface area contributed by atoms with Gasteiger partial charge in [-0.1, -0.05) is 12.1 Å². The highest BCUT2D eigenvalue weighted by atomic mass is 35.5. The Balaban J connectivity index is -0.00000583. The van der Waals surface area contributed by atoms with Crippen molar-refractivity contribution in [1.82, 2.24) is 26.6 Å². The predicted octanol–water partition coefficient (Wildman–Crippen LogP) is -0.469. The molecule has 2 aromatic rings. The van der Waals surface area contributed by atoms with Crippen LogP contribution >= 0.6 is 62.0 Å². The minimum atomic E-state index is -1.35. The van der Waals surface area contributed by atoms with Gasteiger partial charge in [-0.15, -0.1) is 62.0 Å². The number of carbonyl (C=O) groups excluding carboxylic acids is 5. The molecular formula is C35H59Cl5N10O7. The molecule has 22 heteroatoms. The van der Waals surface area contributed by atoms with Crippen LogP contribution in [0.4, 0.5) is 0 Å². The molecule has 4 bridgehead atoms. The van der Waals surface area contributed by atoms with Gasteiger partial charge in [0.2, 0.25) is 29.5 Å². The van der Waals surface area contributed by atoms with Crippen LogP contribution in [-0.2, 0) is 36.8 Å². The van der Waals surface area contributed by atoms with Crippen molar-refractivity contribution in [3.63, 3.8) is 0 Å². The molecule has 5 atom stereocenters. The van der Waals surface area contributed by atoms with Crippen molar-refractivity contribution in [3.8, 4) is 22.6 Å². The van der Waals surface area contributed by atoms with Gasteiger partial charge in [0.1, 0.15) is 35.7 Å². The number of benzene rings is 2. The molecule has 1 aliphatic rings. The Morgan fingerprint density at radius 3 is 1.70 bits per heavy atom. The van der Waals surface area contributed by atoms with Gasteiger partial charge in [-0.3, -0.25) is 24.0 Å². The number of hydrogen-bond acceptors (Lipinski definition) is 12. The summed E-state index contributed by atoms with van der Waals surface area (Å²) in [6, 6.07) is 3.80. The van der Waals surface area contributed by atoms with E-state index in [2.05, 4.69) is 26.6 Å². The van der Waals surface area contributed by atoms with Crippen LogP contribution in [0.3, 0.4) is 0 Å². The van der Waals surface area contributed by atoms with Gasteiger partial charge in [0.05, 0.1) is 6.04 Å². The number of aromatic hydroxyl groups is 2. The highest BCUT2D eigenvalue weighted by Gasteiger charge is 2.32. The fraction of sp³-hybridized carbons (Fsp3) is 0.514. The second-order valence-corrected chi connectivity index (χ2v) is 12.8. The highest BCUT2D eigenvalue weighted by molar-refractivity contribution is 5.96. The molecule has 0 aromatic heterocycles. The third-order valence-electron chi connectivity index (χ3n) is 8.76. The maximum absolute atomic E-state index is 14.1. The molecule has 0 radical (unpaired) electrons. The minimum Gasteiger partial charge on any atom is -0.508 e. The van der Waals surface area contributed by atoms with Gasteiger partial charge < -0.3 is 65.5 Å². The number of amides is 5. The first kappa shape index (κ1) is 58.0. The molecular weight excluding hydrogens is 850 g/mol. The average molecular weight is 909 g/mol. The van der Waals surface area contributed by atoms with Gasteiger partial charge in [0, 0.05) is 25.9 Å². The van der Waals surface area contributed by atoms with Gasteiger partial charge in [0.25, 0.3) is 0 Å². The van der Waals surface area contributed by atoms with Gasteiger partial charge >= 0.3 is 0 Å². The lowest BCUT2D eigenvalue weighted by atomic mass is 9.95. The van der Waals surface area contributed by atoms with E-state index >= 15 is 0 Å². The summed E-state index contributed by atoms with van der Waals surface area (Å²) in [4.78, 5) is 67.5. The van der Waals surface area contributed by atoms with Gasteiger partial charge in [-0.25, -0.2) is 0 Å². The summed E-state index contributed by atoms with van der Waals surface area (Å²) in [6.45, 7) is 1.10. The van der Waals surface area contributed by atoms with E-state index in [4.69, 9.17) is 28.7 Å². The number of carbonyl (C=O) groups is 5. The van der Waals surface area contributed by atoms with Crippen molar-refractivity contribution in [1.29, 1.82) is 0 Å². The van der Waals surface area contributed by atoms with E-state index < -0.39 is 59.7 Å². The number of phenols is 2. The molecule has 326 valence electrons. The van der Waals surface area contributed by atoms with E-state index in [0.717, 1.165) is 0 Å². The second-order valence-electron chi connectivity index (χ2n) is 12.8. The lowest BCUT2D eigenvalue weighted by Gasteiger charge is -2.27. The van der Waals surface area contributed by atoms with Crippen LogP contribution in [0.1, 0.15) is 49.7 Å². The first-order chi connectivity index (χ1) is 24.9. The molecule has 57 heavy (non-hydrogen) atoms. The zero-order valence-electron chi connectivity index (χ0n) is 31.4. The standard InChI is InChI=1S/C35H54N10O7.5ClH/c36-11-1-4-25(32(49)41-15-14-39)43-33(50)27(6-3-13-38)44-35(52)28-19-23-17-21(8-10-30(23)47)20-7-9-29(46)22(16-20)18-24(40)31(48)42-26(5-2-12-37)34(51)45-28;;;;;/h7-10,16-17,24-28,46-47H,1-6,11-15,18-19,36-40H2,(H,41,49)(H,42,48)(H,43,50)(H,44,52)(H,45,51);5*1H/t24-,25-,26-,27-,28-;;;;;/m0...../s1. The van der Waals surface area contributed by atoms with Gasteiger partial charge in [-0.05, 0) is 105 Å². The molecule has 5 amide bonds. The zero-order valence-corrected chi connectivity index (χ0v) is 35.5. The Morgan fingerprint density at radius 2 is 1.19 bits per heavy atom. The number of fused-ring (bicyclic) bond motifs is 5. The molecule has 1 aliphatic heterocycles. The average Bonchev–Trinajstić information content (AvgIpc) is 3.13. The summed E-state index contributed by atoms with van der Waals surface area (Å²) in [5, 5.41) is 34.9. The van der Waals surface area contributed by atoms with Crippen LogP contribution in [0.25, 0.3) is 11.1 Å². The number of hydrogen-bond donors (Lipinski definition) is 12. The SMILES string of the molecule is Cl.Cl.Cl.Cl.Cl.NCCC[C@H](NC(=O)[C@H](CCCN)NC(=O)[C@@H]1Cc2cc(ccc2O)-c2ccc(O)c(c2)C[C@H](N)C(=O)N[C@@H](CCCN)C(=O)N1)C(=O)NCCN. The Hall–Kier alpha value is -3.36. The first-order valence-corrected chi connectivity index (χ1v) is 17.6. The quantitative estimate of drug-likeness (QED) is 0.102. The van der Waals surface area contributed by atoms with Crippen molar-refractivity contribution >= 4 is 91.6 Å². The van der Waals surface area contributed by atoms with Crippen LogP contribution in [0.2, 0.25) is 0 Å². The maximum Gasteiger partial charge on any atom is 0.243 e. The third-order valence-corrected chi connectivity index (χ3v) is 8.76. The third kappa shape index (κ3) is 18.0. The summed E-state index contributed by atoms with van der Waals surface area (Å²) in [6.07, 6.45) is 1.34. The Labute approximate surface area is 363 Å². The van der Waals surface area contributed by atoms with E-state index in [9.17, 15) is 34.2 Å². The monoisotopic (exact) mass is 906 g/mol. The molecule has 2 aromatic carbocycles. The second kappa shape index (κ2) is 29.8. The van der Waals surface area contributed by atoms with E-state index in [1.807, 2.05) is 0 Å². The summed E-state index contributed by atoms with van der Waals surface area (Å²) in [7, 11) is 0. The van der Waals surface area contributed by atoms with E-state index in [0.29, 0.717) is 41.5 Å². The van der Waals surface area contributed by atoms with Crippen LogP contribution in [0, 0.1) is 0 Å². The van der Waals surface area contributed by atoms with Crippen LogP contribution in [0.5, 0.6) is 11.5 Å². The number of nitrogens with two attached hydrogens (primary N) is 5. The van der Waals surface area contributed by atoms with Crippen LogP contribution in [0.15, 0.2) is 36.4 Å². The van der Waals surface area contributed by atoms with E-state index in [1.54, 1.807) is 24.3 Å². The summed E-state index contributed by atoms with van der Waals surface area (Å²) in [5.41, 5.74) is 30.8. The zero-order chi connectivity index (χ0) is 38.2. The lowest BCUT2D eigenvalue weighted by molar-refractivity contribution is -0.135. The summed E-state index contributed by atoms with van der Waals surface area (Å²) in [5.74, 6) is -3.47. The molecule has 0 aliphatic carbocycles. The maximum atomic E-state index is 14.1. The fourth-order valence-electron chi connectivity index (χ4n) is 5.80. The van der Waals surface area contributed by atoms with Crippen LogP contribution in [-0.4, -0.2) is 103 Å². The Kier molecular flexibility index (Phi) is 30.3. The van der Waals surface area contributed by atoms with Crippen LogP contribution < -0.4 is 55.3 Å².